The van der Waals surface area contributed by atoms with Crippen LogP contribution >= 0.6 is 0 Å². The van der Waals surface area contributed by atoms with Crippen LogP contribution in [0.4, 0.5) is 5.69 Å². The highest BCUT2D eigenvalue weighted by Gasteiger charge is 2.37. The van der Waals surface area contributed by atoms with Crippen molar-refractivity contribution in [1.29, 1.82) is 0 Å². The molecule has 1 aliphatic rings. The molecule has 2 heterocycles. The molecule has 122 valence electrons. The number of tetrazole rings is 1. The van der Waals surface area contributed by atoms with Gasteiger partial charge in [-0.3, -0.25) is 4.79 Å². The van der Waals surface area contributed by atoms with E-state index in [-0.39, 0.29) is 17.4 Å². The quantitative estimate of drug-likeness (QED) is 0.899. The van der Waals surface area contributed by atoms with E-state index in [0.29, 0.717) is 5.82 Å². The summed E-state index contributed by atoms with van der Waals surface area (Å²) in [6.07, 6.45) is 2.15. The molecular formula is C16H22N6O. The number of amides is 1. The molecule has 0 spiro atoms. The Hall–Kier alpha value is -2.28. The molecule has 1 aliphatic heterocycles. The summed E-state index contributed by atoms with van der Waals surface area (Å²) in [4.78, 5) is 12.6. The fourth-order valence-electron chi connectivity index (χ4n) is 3.08. The average molecular weight is 314 g/mol. The number of carbonyl (C=O) groups excluding carboxylic acids is 1. The first-order chi connectivity index (χ1) is 11.0. The molecule has 1 unspecified atom stereocenters. The Kier molecular flexibility index (Phi) is 4.12. The van der Waals surface area contributed by atoms with Crippen LogP contribution in [0.25, 0.3) is 11.4 Å². The van der Waals surface area contributed by atoms with E-state index in [9.17, 15) is 4.79 Å². The van der Waals surface area contributed by atoms with Crippen molar-refractivity contribution in [3.63, 3.8) is 0 Å². The zero-order chi connectivity index (χ0) is 16.4. The Morgan fingerprint density at radius 2 is 2.26 bits per heavy atom. The first-order valence-electron chi connectivity index (χ1n) is 7.84. The van der Waals surface area contributed by atoms with Crippen molar-refractivity contribution in [3.05, 3.63) is 24.3 Å². The van der Waals surface area contributed by atoms with Crippen LogP contribution in [0.2, 0.25) is 0 Å². The first kappa shape index (κ1) is 15.6. The maximum atomic E-state index is 12.6. The average Bonchev–Trinajstić information content (AvgIpc) is 2.93. The van der Waals surface area contributed by atoms with Crippen molar-refractivity contribution in [2.45, 2.75) is 32.7 Å². The molecule has 0 radical (unpaired) electrons. The molecule has 1 atom stereocenters. The van der Waals surface area contributed by atoms with E-state index in [1.165, 1.54) is 0 Å². The molecule has 2 N–H and O–H groups in total. The summed E-state index contributed by atoms with van der Waals surface area (Å²) in [5, 5.41) is 17.8. The van der Waals surface area contributed by atoms with E-state index in [1.54, 1.807) is 11.7 Å². The van der Waals surface area contributed by atoms with Gasteiger partial charge in [0.15, 0.2) is 5.82 Å². The summed E-state index contributed by atoms with van der Waals surface area (Å²) < 4.78 is 1.60. The maximum absolute atomic E-state index is 12.6. The topological polar surface area (TPSA) is 84.7 Å². The van der Waals surface area contributed by atoms with E-state index >= 15 is 0 Å². The number of rotatable bonds is 3. The lowest BCUT2D eigenvalue weighted by Crippen LogP contribution is -2.53. The summed E-state index contributed by atoms with van der Waals surface area (Å²) >= 11 is 0. The van der Waals surface area contributed by atoms with Gasteiger partial charge in [0.2, 0.25) is 5.91 Å². The molecule has 0 saturated carbocycles. The van der Waals surface area contributed by atoms with Crippen LogP contribution in [0.5, 0.6) is 0 Å². The number of piperidine rings is 1. The predicted octanol–water partition coefficient (Wildman–Crippen LogP) is 1.59. The van der Waals surface area contributed by atoms with Crippen LogP contribution in [-0.4, -0.2) is 38.7 Å². The zero-order valence-electron chi connectivity index (χ0n) is 13.7. The zero-order valence-corrected chi connectivity index (χ0v) is 13.7. The van der Waals surface area contributed by atoms with Gasteiger partial charge < -0.3 is 10.6 Å². The van der Waals surface area contributed by atoms with Crippen LogP contribution in [0.1, 0.15) is 26.7 Å². The van der Waals surface area contributed by atoms with Crippen LogP contribution in [0, 0.1) is 5.41 Å². The Labute approximate surface area is 135 Å². The minimum Gasteiger partial charge on any atom is -0.325 e. The fourth-order valence-corrected chi connectivity index (χ4v) is 3.08. The second kappa shape index (κ2) is 6.08. The lowest BCUT2D eigenvalue weighted by molar-refractivity contribution is -0.121. The predicted molar refractivity (Wildman–Crippen MR) is 87.7 cm³/mol. The Bertz CT molecular complexity index is 708. The van der Waals surface area contributed by atoms with Crippen molar-refractivity contribution in [3.8, 4) is 11.4 Å². The third-order valence-corrected chi connectivity index (χ3v) is 4.40. The number of nitrogens with zero attached hydrogens (tertiary/aromatic N) is 4. The molecule has 0 aliphatic carbocycles. The minimum atomic E-state index is -0.184. The number of hydrogen-bond acceptors (Lipinski definition) is 5. The maximum Gasteiger partial charge on any atom is 0.242 e. The second-order valence-electron chi connectivity index (χ2n) is 6.68. The molecule has 1 saturated heterocycles. The van der Waals surface area contributed by atoms with Crippen LogP contribution < -0.4 is 10.6 Å². The molecular weight excluding hydrogens is 292 g/mol. The standard InChI is InChI=1S/C16H22N6O/c1-16(2)8-5-9-17-13(16)15(23)18-12-7-4-6-11(10-12)14-19-20-21-22(14)3/h4,6-7,10,13,17H,5,8-9H2,1-3H3,(H,18,23). The fraction of sp³-hybridized carbons (Fsp3) is 0.500. The number of benzene rings is 1. The number of anilines is 1. The smallest absolute Gasteiger partial charge is 0.242 e. The Morgan fingerprint density at radius 3 is 2.96 bits per heavy atom. The van der Waals surface area contributed by atoms with E-state index in [4.69, 9.17) is 0 Å². The van der Waals surface area contributed by atoms with E-state index in [0.717, 1.165) is 30.6 Å². The van der Waals surface area contributed by atoms with Crippen molar-refractivity contribution in [1.82, 2.24) is 25.5 Å². The van der Waals surface area contributed by atoms with Crippen molar-refractivity contribution in [2.75, 3.05) is 11.9 Å². The highest BCUT2D eigenvalue weighted by Crippen LogP contribution is 2.31. The Balaban J connectivity index is 1.78. The molecule has 1 aromatic carbocycles. The van der Waals surface area contributed by atoms with Gasteiger partial charge in [-0.05, 0) is 47.4 Å². The van der Waals surface area contributed by atoms with Crippen LogP contribution in [0.3, 0.4) is 0 Å². The monoisotopic (exact) mass is 314 g/mol. The summed E-state index contributed by atoms with van der Waals surface area (Å²) in [5.41, 5.74) is 1.57. The van der Waals surface area contributed by atoms with Gasteiger partial charge in [0.1, 0.15) is 0 Å². The molecule has 0 bridgehead atoms. The second-order valence-corrected chi connectivity index (χ2v) is 6.68. The van der Waals surface area contributed by atoms with Crippen molar-refractivity contribution >= 4 is 11.6 Å². The lowest BCUT2D eigenvalue weighted by Gasteiger charge is -2.38. The third kappa shape index (κ3) is 3.24. The Morgan fingerprint density at radius 1 is 1.43 bits per heavy atom. The van der Waals surface area contributed by atoms with Gasteiger partial charge in [-0.15, -0.1) is 5.10 Å². The minimum absolute atomic E-state index is 0.00272. The number of aryl methyl sites for hydroxylation is 1. The van der Waals surface area contributed by atoms with Gasteiger partial charge in [-0.25, -0.2) is 4.68 Å². The van der Waals surface area contributed by atoms with E-state index in [1.807, 2.05) is 24.3 Å². The van der Waals surface area contributed by atoms with Gasteiger partial charge in [-0.1, -0.05) is 26.0 Å². The van der Waals surface area contributed by atoms with E-state index in [2.05, 4.69) is 40.0 Å². The number of hydrogen-bond donors (Lipinski definition) is 2. The number of nitrogens with one attached hydrogen (secondary N) is 2. The lowest BCUT2D eigenvalue weighted by atomic mass is 9.77. The summed E-state index contributed by atoms with van der Waals surface area (Å²) in [7, 11) is 1.79. The largest absolute Gasteiger partial charge is 0.325 e. The molecule has 1 fully saturated rings. The van der Waals surface area contributed by atoms with Crippen molar-refractivity contribution < 1.29 is 4.79 Å². The highest BCUT2D eigenvalue weighted by atomic mass is 16.2. The summed E-state index contributed by atoms with van der Waals surface area (Å²) in [6, 6.07) is 7.39. The number of aromatic nitrogens is 4. The van der Waals surface area contributed by atoms with E-state index < -0.39 is 0 Å². The molecule has 23 heavy (non-hydrogen) atoms. The van der Waals surface area contributed by atoms with Gasteiger partial charge in [0.25, 0.3) is 0 Å². The molecule has 7 nitrogen and oxygen atoms in total. The third-order valence-electron chi connectivity index (χ3n) is 4.40. The van der Waals surface area contributed by atoms with Gasteiger partial charge in [0, 0.05) is 18.3 Å². The molecule has 7 heteroatoms. The van der Waals surface area contributed by atoms with Gasteiger partial charge >= 0.3 is 0 Å². The highest BCUT2D eigenvalue weighted by molar-refractivity contribution is 5.96. The molecule has 3 rings (SSSR count). The summed E-state index contributed by atoms with van der Waals surface area (Å²) in [5.74, 6) is 0.667. The van der Waals surface area contributed by atoms with Crippen molar-refractivity contribution in [2.24, 2.45) is 12.5 Å². The molecule has 1 aromatic heterocycles. The molecule has 1 amide bonds. The van der Waals surface area contributed by atoms with Gasteiger partial charge in [-0.2, -0.15) is 0 Å². The SMILES string of the molecule is Cn1nnnc1-c1cccc(NC(=O)C2NCCCC2(C)C)c1. The van der Waals surface area contributed by atoms with Crippen LogP contribution in [-0.2, 0) is 11.8 Å². The molecule has 2 aromatic rings. The number of carbonyl (C=O) groups is 1. The van der Waals surface area contributed by atoms with Crippen LogP contribution in [0.15, 0.2) is 24.3 Å². The normalized spacial score (nSPS) is 20.2. The first-order valence-corrected chi connectivity index (χ1v) is 7.84. The van der Waals surface area contributed by atoms with Gasteiger partial charge in [0.05, 0.1) is 6.04 Å². The summed E-state index contributed by atoms with van der Waals surface area (Å²) in [6.45, 7) is 5.14.